The molecule has 3 rings (SSSR count). The summed E-state index contributed by atoms with van der Waals surface area (Å²) in [5.41, 5.74) is 2.64. The van der Waals surface area contributed by atoms with E-state index < -0.39 is 0 Å². The minimum Gasteiger partial charge on any atom is -0.294 e. The van der Waals surface area contributed by atoms with Crippen molar-refractivity contribution in [3.63, 3.8) is 0 Å². The minimum atomic E-state index is 0. The summed E-state index contributed by atoms with van der Waals surface area (Å²) in [6.07, 6.45) is 0. The van der Waals surface area contributed by atoms with Gasteiger partial charge in [0, 0.05) is 11.1 Å². The summed E-state index contributed by atoms with van der Waals surface area (Å²) >= 11 is 1.62. The Balaban J connectivity index is 0.00000133. The molecule has 96 valence electrons. The van der Waals surface area contributed by atoms with Crippen LogP contribution in [0.15, 0.2) is 48.5 Å². The zero-order chi connectivity index (χ0) is 12.5. The number of fused-ring (bicyclic) bond motifs is 1. The highest BCUT2D eigenvalue weighted by Crippen LogP contribution is 2.32. The molecule has 0 saturated carbocycles. The van der Waals surface area contributed by atoms with Gasteiger partial charge in [0.2, 0.25) is 0 Å². The van der Waals surface area contributed by atoms with E-state index in [0.717, 1.165) is 26.4 Å². The summed E-state index contributed by atoms with van der Waals surface area (Å²) in [5.74, 6) is 0.0739. The minimum absolute atomic E-state index is 0. The standard InChI is InChI=1S/C15H11NOS.CH4/c1-10(17)11-6-2-3-7-12(11)15-16-13-8-4-5-9-14(13)18-15;/h2-9H,1H3;1H4. The molecule has 0 fully saturated rings. The quantitative estimate of drug-likeness (QED) is 0.625. The van der Waals surface area contributed by atoms with Crippen LogP contribution in [0.4, 0.5) is 0 Å². The average molecular weight is 269 g/mol. The molecule has 2 nitrogen and oxygen atoms in total. The van der Waals surface area contributed by atoms with Crippen molar-refractivity contribution in [2.24, 2.45) is 0 Å². The average Bonchev–Trinajstić information content (AvgIpc) is 2.82. The van der Waals surface area contributed by atoms with Gasteiger partial charge < -0.3 is 0 Å². The summed E-state index contributed by atoms with van der Waals surface area (Å²) in [6, 6.07) is 15.6. The van der Waals surface area contributed by atoms with E-state index >= 15 is 0 Å². The lowest BCUT2D eigenvalue weighted by molar-refractivity contribution is 0.101. The van der Waals surface area contributed by atoms with Gasteiger partial charge in [-0.3, -0.25) is 4.79 Å². The first-order chi connectivity index (χ1) is 8.75. The van der Waals surface area contributed by atoms with Crippen LogP contribution >= 0.6 is 11.3 Å². The van der Waals surface area contributed by atoms with Crippen LogP contribution in [0.25, 0.3) is 20.8 Å². The predicted molar refractivity (Wildman–Crippen MR) is 81.8 cm³/mol. The Labute approximate surface area is 116 Å². The topological polar surface area (TPSA) is 30.0 Å². The molecule has 0 bridgehead atoms. The number of Topliss-reactive ketones (excluding diaryl/α,β-unsaturated/α-hetero) is 1. The predicted octanol–water partition coefficient (Wildman–Crippen LogP) is 4.80. The Morgan fingerprint density at radius 1 is 1.05 bits per heavy atom. The molecule has 0 unspecified atom stereocenters. The summed E-state index contributed by atoms with van der Waals surface area (Å²) in [7, 11) is 0. The van der Waals surface area contributed by atoms with E-state index in [4.69, 9.17) is 0 Å². The number of thiazole rings is 1. The van der Waals surface area contributed by atoms with E-state index in [-0.39, 0.29) is 13.2 Å². The van der Waals surface area contributed by atoms with Crippen molar-refractivity contribution in [2.75, 3.05) is 0 Å². The second-order valence-corrected chi connectivity index (χ2v) is 5.12. The molecule has 0 amide bonds. The van der Waals surface area contributed by atoms with E-state index in [1.807, 2.05) is 48.5 Å². The molecule has 2 aromatic carbocycles. The molecule has 0 atom stereocenters. The fourth-order valence-electron chi connectivity index (χ4n) is 1.96. The number of rotatable bonds is 2. The molecule has 0 aliphatic rings. The summed E-state index contributed by atoms with van der Waals surface area (Å²) in [6.45, 7) is 1.59. The van der Waals surface area contributed by atoms with Gasteiger partial charge >= 0.3 is 0 Å². The fraction of sp³-hybridized carbons (Fsp3) is 0.125. The zero-order valence-corrected chi connectivity index (χ0v) is 10.7. The van der Waals surface area contributed by atoms with Crippen LogP contribution in [0.5, 0.6) is 0 Å². The van der Waals surface area contributed by atoms with Crippen LogP contribution < -0.4 is 0 Å². The first-order valence-corrected chi connectivity index (χ1v) is 6.53. The maximum atomic E-state index is 11.6. The van der Waals surface area contributed by atoms with Gasteiger partial charge in [-0.25, -0.2) is 4.98 Å². The summed E-state index contributed by atoms with van der Waals surface area (Å²) < 4.78 is 1.14. The van der Waals surface area contributed by atoms with Gasteiger partial charge in [0.05, 0.1) is 10.2 Å². The van der Waals surface area contributed by atoms with Crippen LogP contribution in [0.3, 0.4) is 0 Å². The van der Waals surface area contributed by atoms with Gasteiger partial charge in [0.15, 0.2) is 5.78 Å². The number of nitrogens with zero attached hydrogens (tertiary/aromatic N) is 1. The summed E-state index contributed by atoms with van der Waals surface area (Å²) in [4.78, 5) is 16.2. The van der Waals surface area contributed by atoms with Gasteiger partial charge in [-0.15, -0.1) is 11.3 Å². The molecular weight excluding hydrogens is 254 g/mol. The molecule has 1 heterocycles. The van der Waals surface area contributed by atoms with Crippen molar-refractivity contribution in [3.05, 3.63) is 54.1 Å². The lowest BCUT2D eigenvalue weighted by Gasteiger charge is -2.02. The van der Waals surface area contributed by atoms with Crippen LogP contribution in [0.2, 0.25) is 0 Å². The second-order valence-electron chi connectivity index (χ2n) is 4.09. The van der Waals surface area contributed by atoms with Crippen LogP contribution in [-0.2, 0) is 0 Å². The van der Waals surface area contributed by atoms with Gasteiger partial charge in [-0.1, -0.05) is 43.8 Å². The molecule has 0 aliphatic carbocycles. The number of aromatic nitrogens is 1. The van der Waals surface area contributed by atoms with Gasteiger partial charge in [-0.2, -0.15) is 0 Å². The first-order valence-electron chi connectivity index (χ1n) is 5.71. The highest BCUT2D eigenvalue weighted by atomic mass is 32.1. The van der Waals surface area contributed by atoms with Crippen molar-refractivity contribution in [2.45, 2.75) is 14.4 Å². The second kappa shape index (κ2) is 5.33. The van der Waals surface area contributed by atoms with Crippen molar-refractivity contribution in [1.29, 1.82) is 0 Å². The van der Waals surface area contributed by atoms with Crippen LogP contribution in [-0.4, -0.2) is 10.8 Å². The van der Waals surface area contributed by atoms with Gasteiger partial charge in [0.25, 0.3) is 0 Å². The largest absolute Gasteiger partial charge is 0.294 e. The van der Waals surface area contributed by atoms with Crippen LogP contribution in [0.1, 0.15) is 24.7 Å². The maximum Gasteiger partial charge on any atom is 0.160 e. The third-order valence-electron chi connectivity index (χ3n) is 2.83. The molecule has 0 radical (unpaired) electrons. The normalized spacial score (nSPS) is 10.2. The third-order valence-corrected chi connectivity index (χ3v) is 3.90. The highest BCUT2D eigenvalue weighted by Gasteiger charge is 2.12. The molecular formula is C16H15NOS. The molecule has 0 saturated heterocycles. The SMILES string of the molecule is C.CC(=O)c1ccccc1-c1nc2ccccc2s1. The van der Waals surface area contributed by atoms with E-state index in [0.29, 0.717) is 0 Å². The third kappa shape index (κ3) is 2.42. The van der Waals surface area contributed by atoms with Crippen molar-refractivity contribution in [3.8, 4) is 10.6 Å². The highest BCUT2D eigenvalue weighted by molar-refractivity contribution is 7.21. The van der Waals surface area contributed by atoms with Crippen molar-refractivity contribution < 1.29 is 4.79 Å². The molecule has 0 aliphatic heterocycles. The molecule has 0 N–H and O–H groups in total. The fourth-order valence-corrected chi connectivity index (χ4v) is 2.97. The molecule has 1 aromatic heterocycles. The lowest BCUT2D eigenvalue weighted by Crippen LogP contribution is -1.94. The van der Waals surface area contributed by atoms with E-state index in [2.05, 4.69) is 4.98 Å². The Hall–Kier alpha value is -2.00. The molecule has 3 aromatic rings. The first kappa shape index (κ1) is 13.4. The number of carbonyl (C=O) groups excluding carboxylic acids is 1. The monoisotopic (exact) mass is 269 g/mol. The zero-order valence-electron chi connectivity index (χ0n) is 9.88. The van der Waals surface area contributed by atoms with E-state index in [1.54, 1.807) is 18.3 Å². The smallest absolute Gasteiger partial charge is 0.160 e. The van der Waals surface area contributed by atoms with Gasteiger partial charge in [0.1, 0.15) is 5.01 Å². The Bertz CT molecular complexity index is 697. The molecule has 0 spiro atoms. The van der Waals surface area contributed by atoms with Crippen molar-refractivity contribution in [1.82, 2.24) is 4.98 Å². The number of hydrogen-bond acceptors (Lipinski definition) is 3. The Morgan fingerprint density at radius 2 is 1.74 bits per heavy atom. The van der Waals surface area contributed by atoms with Crippen LogP contribution in [0, 0.1) is 0 Å². The lowest BCUT2D eigenvalue weighted by atomic mass is 10.1. The maximum absolute atomic E-state index is 11.6. The Kier molecular flexibility index (Phi) is 3.76. The molecule has 19 heavy (non-hydrogen) atoms. The van der Waals surface area contributed by atoms with Gasteiger partial charge in [-0.05, 0) is 19.1 Å². The van der Waals surface area contributed by atoms with E-state index in [1.165, 1.54) is 0 Å². The number of para-hydroxylation sites is 1. The number of hydrogen-bond donors (Lipinski definition) is 0. The Morgan fingerprint density at radius 3 is 2.47 bits per heavy atom. The molecule has 3 heteroatoms. The van der Waals surface area contributed by atoms with Crippen molar-refractivity contribution >= 4 is 27.3 Å². The number of ketones is 1. The number of benzene rings is 2. The van der Waals surface area contributed by atoms with E-state index in [9.17, 15) is 4.79 Å². The number of carbonyl (C=O) groups is 1. The summed E-state index contributed by atoms with van der Waals surface area (Å²) in [5, 5.41) is 0.905.